The predicted octanol–water partition coefficient (Wildman–Crippen LogP) is 0.885. The third-order valence-corrected chi connectivity index (χ3v) is 1.96. The molecule has 0 saturated carbocycles. The summed E-state index contributed by atoms with van der Waals surface area (Å²) in [6.45, 7) is 0.203. The number of hydrogen-bond acceptors (Lipinski definition) is 4. The van der Waals surface area contributed by atoms with Gasteiger partial charge in [-0.25, -0.2) is 19.5 Å². The summed E-state index contributed by atoms with van der Waals surface area (Å²) in [4.78, 5) is 3.73. The van der Waals surface area contributed by atoms with Crippen molar-refractivity contribution in [3.63, 3.8) is 0 Å². The second-order valence-electron chi connectivity index (χ2n) is 2.96. The van der Waals surface area contributed by atoms with E-state index in [0.29, 0.717) is 11.3 Å². The second kappa shape index (κ2) is 4.16. The molecule has 1 aromatic carbocycles. The molecule has 0 fully saturated rings. The molecule has 0 spiro atoms. The number of benzene rings is 1. The molecule has 0 unspecified atom stereocenters. The lowest BCUT2D eigenvalue weighted by Gasteiger charge is -2.04. The average Bonchev–Trinajstić information content (AvgIpc) is 2.71. The Hall–Kier alpha value is -1.79. The van der Waals surface area contributed by atoms with Crippen LogP contribution in [-0.2, 0) is 6.54 Å². The summed E-state index contributed by atoms with van der Waals surface area (Å²) in [5.41, 5.74) is 2.94. The van der Waals surface area contributed by atoms with Gasteiger partial charge in [-0.2, -0.15) is 5.10 Å². The van der Waals surface area contributed by atoms with Crippen molar-refractivity contribution in [1.82, 2.24) is 20.2 Å². The maximum atomic E-state index is 13.5. The maximum Gasteiger partial charge on any atom is 0.149 e. The van der Waals surface area contributed by atoms with Gasteiger partial charge in [-0.15, -0.1) is 0 Å². The lowest BCUT2D eigenvalue weighted by atomic mass is 10.2. The first-order chi connectivity index (χ1) is 7.31. The largest absolute Gasteiger partial charge is 0.316 e. The van der Waals surface area contributed by atoms with Crippen molar-refractivity contribution < 1.29 is 9.60 Å². The van der Waals surface area contributed by atoms with E-state index in [1.807, 2.05) is 5.48 Å². The molecule has 78 valence electrons. The monoisotopic (exact) mass is 208 g/mol. The van der Waals surface area contributed by atoms with Crippen molar-refractivity contribution >= 4 is 0 Å². The van der Waals surface area contributed by atoms with Gasteiger partial charge < -0.3 is 5.21 Å². The summed E-state index contributed by atoms with van der Waals surface area (Å²) in [6, 6.07) is 4.61. The Labute approximate surface area is 85.1 Å². The molecule has 15 heavy (non-hydrogen) atoms. The first-order valence-corrected chi connectivity index (χ1v) is 4.31. The van der Waals surface area contributed by atoms with Crippen LogP contribution in [-0.4, -0.2) is 20.0 Å². The number of nitrogens with zero attached hydrogens (tertiary/aromatic N) is 3. The third-order valence-electron chi connectivity index (χ3n) is 1.96. The highest BCUT2D eigenvalue weighted by molar-refractivity contribution is 5.35. The summed E-state index contributed by atoms with van der Waals surface area (Å²) >= 11 is 0. The smallest absolute Gasteiger partial charge is 0.149 e. The molecule has 0 aliphatic heterocycles. The van der Waals surface area contributed by atoms with Crippen LogP contribution >= 0.6 is 0 Å². The Balaban J connectivity index is 2.35. The summed E-state index contributed by atoms with van der Waals surface area (Å²) in [6.07, 6.45) is 2.75. The van der Waals surface area contributed by atoms with Gasteiger partial charge in [0.2, 0.25) is 0 Å². The molecule has 0 radical (unpaired) electrons. The van der Waals surface area contributed by atoms with Crippen molar-refractivity contribution in [1.29, 1.82) is 0 Å². The fourth-order valence-electron chi connectivity index (χ4n) is 1.27. The zero-order valence-corrected chi connectivity index (χ0v) is 7.76. The van der Waals surface area contributed by atoms with E-state index in [9.17, 15) is 4.39 Å². The minimum absolute atomic E-state index is 0.203. The molecule has 5 nitrogen and oxygen atoms in total. The zero-order valence-electron chi connectivity index (χ0n) is 7.76. The molecule has 1 heterocycles. The van der Waals surface area contributed by atoms with Crippen LogP contribution in [0.25, 0.3) is 5.69 Å². The molecule has 2 aromatic rings. The van der Waals surface area contributed by atoms with E-state index in [1.54, 1.807) is 12.1 Å². The zero-order chi connectivity index (χ0) is 10.7. The highest BCUT2D eigenvalue weighted by Gasteiger charge is 2.05. The van der Waals surface area contributed by atoms with Crippen LogP contribution in [0.15, 0.2) is 30.9 Å². The number of aromatic nitrogens is 3. The third kappa shape index (κ3) is 2.00. The van der Waals surface area contributed by atoms with E-state index in [2.05, 4.69) is 10.1 Å². The summed E-state index contributed by atoms with van der Waals surface area (Å²) in [7, 11) is 0. The fraction of sp³-hybridized carbons (Fsp3) is 0.111. The van der Waals surface area contributed by atoms with E-state index < -0.39 is 5.82 Å². The second-order valence-corrected chi connectivity index (χ2v) is 2.96. The van der Waals surface area contributed by atoms with Crippen LogP contribution in [0.1, 0.15) is 5.56 Å². The van der Waals surface area contributed by atoms with E-state index in [-0.39, 0.29) is 6.54 Å². The van der Waals surface area contributed by atoms with Crippen LogP contribution in [0.5, 0.6) is 0 Å². The minimum atomic E-state index is -0.409. The molecule has 2 N–H and O–H groups in total. The van der Waals surface area contributed by atoms with Crippen LogP contribution in [0, 0.1) is 5.82 Å². The van der Waals surface area contributed by atoms with Crippen molar-refractivity contribution in [3.05, 3.63) is 42.2 Å². The molecule has 0 aliphatic carbocycles. The molecule has 0 saturated heterocycles. The molecule has 2 rings (SSSR count). The molecule has 1 aromatic heterocycles. The first-order valence-electron chi connectivity index (χ1n) is 4.31. The van der Waals surface area contributed by atoms with Crippen molar-refractivity contribution in [2.75, 3.05) is 0 Å². The molecule has 6 heteroatoms. The molecule has 0 atom stereocenters. The standard InChI is InChI=1S/C9H9FN4O/c10-8-3-7(4-13-15)1-2-9(8)14-6-11-5-12-14/h1-3,5-6,13,15H,4H2. The Kier molecular flexibility index (Phi) is 2.70. The van der Waals surface area contributed by atoms with Gasteiger partial charge in [-0.05, 0) is 17.7 Å². The highest BCUT2D eigenvalue weighted by atomic mass is 19.1. The number of rotatable bonds is 3. The van der Waals surface area contributed by atoms with Gasteiger partial charge in [-0.3, -0.25) is 0 Å². The summed E-state index contributed by atoms with van der Waals surface area (Å²) in [5.74, 6) is -0.409. The van der Waals surface area contributed by atoms with Gasteiger partial charge in [0.25, 0.3) is 0 Å². The Morgan fingerprint density at radius 3 is 2.93 bits per heavy atom. The molecule has 0 bridgehead atoms. The van der Waals surface area contributed by atoms with Crippen LogP contribution in [0.3, 0.4) is 0 Å². The average molecular weight is 208 g/mol. The van der Waals surface area contributed by atoms with E-state index >= 15 is 0 Å². The number of hydroxylamine groups is 1. The number of hydrogen-bond donors (Lipinski definition) is 2. The lowest BCUT2D eigenvalue weighted by Crippen LogP contribution is -2.07. The van der Waals surface area contributed by atoms with E-state index in [4.69, 9.17) is 5.21 Å². The van der Waals surface area contributed by atoms with Gasteiger partial charge in [0, 0.05) is 6.54 Å². The number of nitrogens with one attached hydrogen (secondary N) is 1. The normalized spacial score (nSPS) is 10.5. The van der Waals surface area contributed by atoms with E-state index in [0.717, 1.165) is 0 Å². The van der Waals surface area contributed by atoms with Gasteiger partial charge in [-0.1, -0.05) is 6.07 Å². The van der Waals surface area contributed by atoms with Crippen LogP contribution in [0.2, 0.25) is 0 Å². The van der Waals surface area contributed by atoms with Gasteiger partial charge in [0.15, 0.2) is 0 Å². The quantitative estimate of drug-likeness (QED) is 0.735. The van der Waals surface area contributed by atoms with Gasteiger partial charge >= 0.3 is 0 Å². The highest BCUT2D eigenvalue weighted by Crippen LogP contribution is 2.13. The molecular weight excluding hydrogens is 199 g/mol. The van der Waals surface area contributed by atoms with Crippen molar-refractivity contribution in [3.8, 4) is 5.69 Å². The summed E-state index contributed by atoms with van der Waals surface area (Å²) in [5, 5.41) is 12.3. The Morgan fingerprint density at radius 1 is 1.47 bits per heavy atom. The maximum absolute atomic E-state index is 13.5. The molecule has 0 amide bonds. The topological polar surface area (TPSA) is 63.0 Å². The molecular formula is C9H9FN4O. The van der Waals surface area contributed by atoms with E-state index in [1.165, 1.54) is 23.4 Å². The van der Waals surface area contributed by atoms with Gasteiger partial charge in [0.1, 0.15) is 24.2 Å². The fourth-order valence-corrected chi connectivity index (χ4v) is 1.27. The summed E-state index contributed by atoms with van der Waals surface area (Å²) < 4.78 is 14.9. The van der Waals surface area contributed by atoms with Crippen LogP contribution < -0.4 is 5.48 Å². The van der Waals surface area contributed by atoms with Crippen LogP contribution in [0.4, 0.5) is 4.39 Å². The SMILES string of the molecule is ONCc1ccc(-n2cncn2)c(F)c1. The lowest BCUT2D eigenvalue weighted by molar-refractivity contribution is 0.161. The predicted molar refractivity (Wildman–Crippen MR) is 49.9 cm³/mol. The molecule has 0 aliphatic rings. The minimum Gasteiger partial charge on any atom is -0.316 e. The Bertz CT molecular complexity index is 443. The number of halogens is 1. The Morgan fingerprint density at radius 2 is 2.33 bits per heavy atom. The van der Waals surface area contributed by atoms with Crippen molar-refractivity contribution in [2.24, 2.45) is 0 Å². The van der Waals surface area contributed by atoms with Crippen molar-refractivity contribution in [2.45, 2.75) is 6.54 Å². The first kappa shape index (κ1) is 9.75. The van der Waals surface area contributed by atoms with Gasteiger partial charge in [0.05, 0.1) is 0 Å².